The predicted molar refractivity (Wildman–Crippen MR) is 110 cm³/mol. The number of ether oxygens (including phenoxy) is 4. The lowest BCUT2D eigenvalue weighted by Gasteiger charge is -2.10. The lowest BCUT2D eigenvalue weighted by atomic mass is 10.1. The summed E-state index contributed by atoms with van der Waals surface area (Å²) >= 11 is 0. The number of hydrogen-bond acceptors (Lipinski definition) is 5. The van der Waals surface area contributed by atoms with Gasteiger partial charge in [-0.25, -0.2) is 4.39 Å². The highest BCUT2D eigenvalue weighted by molar-refractivity contribution is 6.14. The van der Waals surface area contributed by atoms with E-state index in [0.29, 0.717) is 34.1 Å². The number of Topliss-reactive ketones (excluding diaryl/α,β-unsaturated/α-hetero) is 1. The van der Waals surface area contributed by atoms with Crippen LogP contribution in [0.4, 0.5) is 4.39 Å². The van der Waals surface area contributed by atoms with Gasteiger partial charge in [-0.1, -0.05) is 24.3 Å². The summed E-state index contributed by atoms with van der Waals surface area (Å²) in [5.74, 6) is 1.72. The van der Waals surface area contributed by atoms with Gasteiger partial charge in [-0.3, -0.25) is 4.79 Å². The zero-order valence-electron chi connectivity index (χ0n) is 16.5. The predicted octanol–water partition coefficient (Wildman–Crippen LogP) is 5.04. The molecule has 5 nitrogen and oxygen atoms in total. The van der Waals surface area contributed by atoms with Crippen LogP contribution in [-0.4, -0.2) is 20.0 Å². The Morgan fingerprint density at radius 2 is 1.80 bits per heavy atom. The largest absolute Gasteiger partial charge is 0.493 e. The van der Waals surface area contributed by atoms with Crippen LogP contribution in [0.15, 0.2) is 66.4 Å². The zero-order valence-corrected chi connectivity index (χ0v) is 16.5. The minimum absolute atomic E-state index is 0.187. The molecule has 0 radical (unpaired) electrons. The molecule has 1 aliphatic rings. The van der Waals surface area contributed by atoms with Crippen LogP contribution in [0.5, 0.6) is 23.0 Å². The van der Waals surface area contributed by atoms with Crippen molar-refractivity contribution in [2.75, 3.05) is 14.2 Å². The first-order valence-corrected chi connectivity index (χ1v) is 9.25. The van der Waals surface area contributed by atoms with E-state index >= 15 is 0 Å². The number of rotatable bonds is 6. The number of carbonyl (C=O) groups is 1. The zero-order chi connectivity index (χ0) is 21.1. The molecule has 0 spiro atoms. The molecule has 1 heterocycles. The molecule has 0 aliphatic carbocycles. The van der Waals surface area contributed by atoms with Crippen LogP contribution < -0.4 is 18.9 Å². The Kier molecular flexibility index (Phi) is 5.39. The van der Waals surface area contributed by atoms with E-state index < -0.39 is 0 Å². The standard InChI is InChI=1S/C24H19FO5/c1-27-20-5-3-4-16(24(20)28-2)12-22-23(26)19-11-10-18(13-21(19)30-22)29-14-15-6-8-17(25)9-7-15/h3-13H,14H2,1-2H3/b22-12-. The van der Waals surface area contributed by atoms with Gasteiger partial charge in [-0.15, -0.1) is 0 Å². The summed E-state index contributed by atoms with van der Waals surface area (Å²) < 4.78 is 35.3. The molecule has 0 aromatic heterocycles. The summed E-state index contributed by atoms with van der Waals surface area (Å²) in [6, 6.07) is 16.5. The Morgan fingerprint density at radius 1 is 1.00 bits per heavy atom. The minimum Gasteiger partial charge on any atom is -0.493 e. The maximum atomic E-state index is 13.0. The topological polar surface area (TPSA) is 54.0 Å². The van der Waals surface area contributed by atoms with E-state index in [0.717, 1.165) is 5.56 Å². The molecular formula is C24H19FO5. The molecule has 0 fully saturated rings. The summed E-state index contributed by atoms with van der Waals surface area (Å²) in [5.41, 5.74) is 1.96. The Labute approximate surface area is 173 Å². The summed E-state index contributed by atoms with van der Waals surface area (Å²) in [6.45, 7) is 0.275. The van der Waals surface area contributed by atoms with E-state index in [9.17, 15) is 9.18 Å². The van der Waals surface area contributed by atoms with E-state index in [2.05, 4.69) is 0 Å². The van der Waals surface area contributed by atoms with Crippen molar-refractivity contribution < 1.29 is 28.1 Å². The van der Waals surface area contributed by atoms with Crippen LogP contribution in [-0.2, 0) is 6.61 Å². The van der Waals surface area contributed by atoms with Gasteiger partial charge in [-0.05, 0) is 42.0 Å². The van der Waals surface area contributed by atoms with Crippen molar-refractivity contribution in [3.63, 3.8) is 0 Å². The van der Waals surface area contributed by atoms with Crippen molar-refractivity contribution in [1.82, 2.24) is 0 Å². The van der Waals surface area contributed by atoms with Crippen molar-refractivity contribution in [3.05, 3.63) is 88.9 Å². The Balaban J connectivity index is 1.54. The van der Waals surface area contributed by atoms with Gasteiger partial charge in [-0.2, -0.15) is 0 Å². The van der Waals surface area contributed by atoms with E-state index in [1.165, 1.54) is 19.2 Å². The summed E-state index contributed by atoms with van der Waals surface area (Å²) in [4.78, 5) is 12.7. The van der Waals surface area contributed by atoms with E-state index in [1.807, 2.05) is 12.1 Å². The SMILES string of the molecule is COc1cccc(/C=C2\Oc3cc(OCc4ccc(F)cc4)ccc3C2=O)c1OC. The van der Waals surface area contributed by atoms with Crippen LogP contribution >= 0.6 is 0 Å². The molecular weight excluding hydrogens is 387 g/mol. The maximum Gasteiger partial charge on any atom is 0.231 e. The summed E-state index contributed by atoms with van der Waals surface area (Å²) in [7, 11) is 3.09. The molecule has 0 bridgehead atoms. The molecule has 0 atom stereocenters. The van der Waals surface area contributed by atoms with Crippen molar-refractivity contribution >= 4 is 11.9 Å². The number of carbonyl (C=O) groups excluding carboxylic acids is 1. The third-order valence-corrected chi connectivity index (χ3v) is 4.68. The number of allylic oxidation sites excluding steroid dienone is 1. The number of halogens is 1. The van der Waals surface area contributed by atoms with Gasteiger partial charge in [0, 0.05) is 11.6 Å². The van der Waals surface area contributed by atoms with Gasteiger partial charge in [0.1, 0.15) is 23.9 Å². The number of ketones is 1. The fourth-order valence-corrected chi connectivity index (χ4v) is 3.17. The molecule has 1 aliphatic heterocycles. The van der Waals surface area contributed by atoms with Crippen LogP contribution in [0.3, 0.4) is 0 Å². The lowest BCUT2D eigenvalue weighted by Crippen LogP contribution is -1.99. The molecule has 152 valence electrons. The van der Waals surface area contributed by atoms with Crippen LogP contribution in [0.25, 0.3) is 6.08 Å². The minimum atomic E-state index is -0.296. The van der Waals surface area contributed by atoms with E-state index in [4.69, 9.17) is 18.9 Å². The van der Waals surface area contributed by atoms with Gasteiger partial charge in [0.15, 0.2) is 17.3 Å². The van der Waals surface area contributed by atoms with Crippen LogP contribution in [0.1, 0.15) is 21.5 Å². The van der Waals surface area contributed by atoms with Gasteiger partial charge in [0.2, 0.25) is 5.78 Å². The Hall–Kier alpha value is -3.80. The van der Waals surface area contributed by atoms with E-state index in [1.54, 1.807) is 49.6 Å². The molecule has 4 rings (SSSR count). The van der Waals surface area contributed by atoms with Gasteiger partial charge < -0.3 is 18.9 Å². The first kappa shape index (κ1) is 19.5. The van der Waals surface area contributed by atoms with Gasteiger partial charge in [0.05, 0.1) is 19.8 Å². The van der Waals surface area contributed by atoms with Crippen LogP contribution in [0, 0.1) is 5.82 Å². The number of benzene rings is 3. The van der Waals surface area contributed by atoms with Gasteiger partial charge in [0.25, 0.3) is 0 Å². The first-order chi connectivity index (χ1) is 14.6. The summed E-state index contributed by atoms with van der Waals surface area (Å²) in [6.07, 6.45) is 1.63. The monoisotopic (exact) mass is 406 g/mol. The molecule has 0 amide bonds. The average molecular weight is 406 g/mol. The van der Waals surface area contributed by atoms with Crippen molar-refractivity contribution in [3.8, 4) is 23.0 Å². The second-order valence-electron chi connectivity index (χ2n) is 6.60. The maximum absolute atomic E-state index is 13.0. The normalized spacial score (nSPS) is 13.7. The molecule has 0 saturated heterocycles. The molecule has 0 unspecified atom stereocenters. The van der Waals surface area contributed by atoms with Crippen molar-refractivity contribution in [2.24, 2.45) is 0 Å². The molecule has 0 saturated carbocycles. The van der Waals surface area contributed by atoms with Gasteiger partial charge >= 0.3 is 0 Å². The third kappa shape index (κ3) is 3.85. The Morgan fingerprint density at radius 3 is 2.53 bits per heavy atom. The highest BCUT2D eigenvalue weighted by Gasteiger charge is 2.28. The van der Waals surface area contributed by atoms with Crippen molar-refractivity contribution in [1.29, 1.82) is 0 Å². The molecule has 6 heteroatoms. The molecule has 30 heavy (non-hydrogen) atoms. The number of hydrogen-bond donors (Lipinski definition) is 0. The fraction of sp³-hybridized carbons (Fsp3) is 0.125. The quantitative estimate of drug-likeness (QED) is 0.537. The fourth-order valence-electron chi connectivity index (χ4n) is 3.17. The number of para-hydroxylation sites is 1. The molecule has 3 aromatic carbocycles. The molecule has 0 N–H and O–H groups in total. The number of fused-ring (bicyclic) bond motifs is 1. The highest BCUT2D eigenvalue weighted by atomic mass is 19.1. The first-order valence-electron chi connectivity index (χ1n) is 9.25. The van der Waals surface area contributed by atoms with Crippen molar-refractivity contribution in [2.45, 2.75) is 6.61 Å². The third-order valence-electron chi connectivity index (χ3n) is 4.68. The smallest absolute Gasteiger partial charge is 0.231 e. The lowest BCUT2D eigenvalue weighted by molar-refractivity contribution is 0.101. The second kappa shape index (κ2) is 8.29. The number of methoxy groups -OCH3 is 2. The van der Waals surface area contributed by atoms with Crippen LogP contribution in [0.2, 0.25) is 0 Å². The second-order valence-corrected chi connectivity index (χ2v) is 6.60. The Bertz CT molecular complexity index is 1120. The summed E-state index contributed by atoms with van der Waals surface area (Å²) in [5, 5.41) is 0. The van der Waals surface area contributed by atoms with E-state index in [-0.39, 0.29) is 24.0 Å². The molecule has 3 aromatic rings. The highest BCUT2D eigenvalue weighted by Crippen LogP contribution is 2.37. The average Bonchev–Trinajstić information content (AvgIpc) is 3.07.